The van der Waals surface area contributed by atoms with Gasteiger partial charge in [0.2, 0.25) is 0 Å². The quantitative estimate of drug-likeness (QED) is 0.232. The molecule has 0 spiro atoms. The lowest BCUT2D eigenvalue weighted by atomic mass is 9.92. The summed E-state index contributed by atoms with van der Waals surface area (Å²) >= 11 is 0. The molecule has 34 heavy (non-hydrogen) atoms. The molecule has 0 aliphatic carbocycles. The maximum absolute atomic E-state index is 12.7. The van der Waals surface area contributed by atoms with E-state index in [0.717, 1.165) is 12.8 Å². The van der Waals surface area contributed by atoms with Crippen LogP contribution in [0.3, 0.4) is 0 Å². The molecule has 1 N–H and O–H groups in total. The van der Waals surface area contributed by atoms with Gasteiger partial charge in [-0.3, -0.25) is 19.2 Å². The van der Waals surface area contributed by atoms with E-state index in [-0.39, 0.29) is 24.7 Å². The molecule has 0 aromatic heterocycles. The Balaban J connectivity index is 2.25. The van der Waals surface area contributed by atoms with E-state index in [1.807, 2.05) is 6.92 Å². The molecule has 192 valence electrons. The van der Waals surface area contributed by atoms with Crippen LogP contribution in [0.1, 0.15) is 59.3 Å². The van der Waals surface area contributed by atoms with E-state index in [2.05, 4.69) is 6.58 Å². The zero-order chi connectivity index (χ0) is 25.3. The molecule has 2 rings (SSSR count). The zero-order valence-corrected chi connectivity index (χ0v) is 20.1. The molecule has 2 fully saturated rings. The number of carbonyl (C=O) groups is 4. The molecule has 0 aromatic carbocycles. The first-order chi connectivity index (χ1) is 16.2. The van der Waals surface area contributed by atoms with Gasteiger partial charge in [-0.15, -0.1) is 6.58 Å². The molecule has 7 atom stereocenters. The first-order valence-electron chi connectivity index (χ1n) is 11.7. The molecular formula is C24H36O10. The number of rotatable bonds is 13. The number of hydrogen-bond acceptors (Lipinski definition) is 10. The van der Waals surface area contributed by atoms with E-state index >= 15 is 0 Å². The van der Waals surface area contributed by atoms with Crippen LogP contribution >= 0.6 is 0 Å². The second kappa shape index (κ2) is 13.7. The minimum Gasteiger partial charge on any atom is -0.458 e. The topological polar surface area (TPSA) is 135 Å². The maximum Gasteiger partial charge on any atom is 0.303 e. The molecule has 2 aliphatic heterocycles. The summed E-state index contributed by atoms with van der Waals surface area (Å²) in [6.45, 7) is 7.95. The molecule has 10 heteroatoms. The van der Waals surface area contributed by atoms with Crippen LogP contribution in [0.25, 0.3) is 0 Å². The minimum atomic E-state index is -1.29. The molecule has 0 bridgehead atoms. The Labute approximate surface area is 199 Å². The Bertz CT molecular complexity index is 735. The fraction of sp³-hybridized carbons (Fsp3) is 0.750. The first kappa shape index (κ1) is 28.1. The van der Waals surface area contributed by atoms with E-state index in [1.165, 1.54) is 13.8 Å². The van der Waals surface area contributed by atoms with Crippen molar-refractivity contribution in [2.45, 2.75) is 102 Å². The van der Waals surface area contributed by atoms with Gasteiger partial charge < -0.3 is 28.8 Å². The Kier molecular flexibility index (Phi) is 11.3. The second-order valence-electron chi connectivity index (χ2n) is 8.62. The fourth-order valence-electron chi connectivity index (χ4n) is 4.15. The predicted molar refractivity (Wildman–Crippen MR) is 119 cm³/mol. The molecular weight excluding hydrogens is 448 g/mol. The van der Waals surface area contributed by atoms with Crippen LogP contribution in [0.4, 0.5) is 0 Å². The molecule has 0 radical (unpaired) electrons. The van der Waals surface area contributed by atoms with Crippen LogP contribution in [0.5, 0.6) is 0 Å². The molecule has 0 saturated carbocycles. The van der Waals surface area contributed by atoms with Crippen LogP contribution in [0, 0.1) is 0 Å². The standard InChI is InChI=1S/C24H36O10/c1-5-7-11-30-22-19(12-16(27)13-31-14(3)25)34-23(20(22)29)24(32-15(4)26)21-18(28)10-9-17(33-21)8-6-2/h6,17,19-24,29H,2,5,7-13H2,1,3-4H3/t17-,19-,20?,21+,22+,23-,24-/m1/s1. The van der Waals surface area contributed by atoms with Crippen molar-refractivity contribution in [1.82, 2.24) is 0 Å². The SMILES string of the molecule is C=CC[C@@H]1CCC(=O)[C@@H]([C@@H](OC(C)=O)[C@@H]2O[C@H](CC(=O)COC(C)=O)[C@H](OCCCC)C2O)O1. The summed E-state index contributed by atoms with van der Waals surface area (Å²) in [6, 6.07) is 0. The van der Waals surface area contributed by atoms with Crippen LogP contribution in [0.2, 0.25) is 0 Å². The summed E-state index contributed by atoms with van der Waals surface area (Å²) in [6.07, 6.45) is -2.55. The van der Waals surface area contributed by atoms with Gasteiger partial charge in [0.1, 0.15) is 24.9 Å². The lowest BCUT2D eigenvalue weighted by Gasteiger charge is -2.36. The summed E-state index contributed by atoms with van der Waals surface area (Å²) < 4.78 is 27.9. The van der Waals surface area contributed by atoms with Crippen molar-refractivity contribution >= 4 is 23.5 Å². The number of Topliss-reactive ketones (excluding diaryl/α,β-unsaturated/α-hetero) is 2. The third-order valence-corrected chi connectivity index (χ3v) is 5.77. The Morgan fingerprint density at radius 3 is 2.59 bits per heavy atom. The van der Waals surface area contributed by atoms with E-state index in [1.54, 1.807) is 6.08 Å². The molecule has 2 heterocycles. The molecule has 2 saturated heterocycles. The molecule has 1 unspecified atom stereocenters. The van der Waals surface area contributed by atoms with Gasteiger partial charge in [-0.05, 0) is 19.3 Å². The van der Waals surface area contributed by atoms with Gasteiger partial charge in [-0.1, -0.05) is 19.4 Å². The highest BCUT2D eigenvalue weighted by molar-refractivity contribution is 5.85. The van der Waals surface area contributed by atoms with Gasteiger partial charge in [-0.25, -0.2) is 0 Å². The summed E-state index contributed by atoms with van der Waals surface area (Å²) in [5.74, 6) is -1.94. The van der Waals surface area contributed by atoms with Crippen LogP contribution in [-0.2, 0) is 42.9 Å². The Morgan fingerprint density at radius 1 is 1.24 bits per heavy atom. The van der Waals surface area contributed by atoms with Gasteiger partial charge in [0.05, 0.1) is 12.2 Å². The third kappa shape index (κ3) is 7.97. The third-order valence-electron chi connectivity index (χ3n) is 5.77. The smallest absolute Gasteiger partial charge is 0.303 e. The number of esters is 2. The van der Waals surface area contributed by atoms with Gasteiger partial charge in [0.15, 0.2) is 23.8 Å². The summed E-state index contributed by atoms with van der Waals surface area (Å²) in [7, 11) is 0. The van der Waals surface area contributed by atoms with Crippen molar-refractivity contribution in [3.63, 3.8) is 0 Å². The summed E-state index contributed by atoms with van der Waals surface area (Å²) in [5, 5.41) is 11.1. The zero-order valence-electron chi connectivity index (χ0n) is 20.1. The number of aliphatic hydroxyl groups is 1. The van der Waals surface area contributed by atoms with E-state index in [4.69, 9.17) is 23.7 Å². The average molecular weight is 485 g/mol. The molecule has 2 aliphatic rings. The normalized spacial score (nSPS) is 29.9. The van der Waals surface area contributed by atoms with Crippen LogP contribution < -0.4 is 0 Å². The van der Waals surface area contributed by atoms with Crippen molar-refractivity contribution in [3.05, 3.63) is 12.7 Å². The van der Waals surface area contributed by atoms with Gasteiger partial charge in [-0.2, -0.15) is 0 Å². The van der Waals surface area contributed by atoms with E-state index < -0.39 is 61.0 Å². The number of hydrogen-bond donors (Lipinski definition) is 1. The minimum absolute atomic E-state index is 0.191. The number of ketones is 2. The van der Waals surface area contributed by atoms with Crippen molar-refractivity contribution in [1.29, 1.82) is 0 Å². The van der Waals surface area contributed by atoms with Crippen LogP contribution in [0.15, 0.2) is 12.7 Å². The van der Waals surface area contributed by atoms with E-state index in [0.29, 0.717) is 19.4 Å². The number of unbranched alkanes of at least 4 members (excludes halogenated alkanes) is 1. The van der Waals surface area contributed by atoms with Crippen molar-refractivity contribution < 1.29 is 48.0 Å². The van der Waals surface area contributed by atoms with Crippen molar-refractivity contribution in [3.8, 4) is 0 Å². The van der Waals surface area contributed by atoms with Gasteiger partial charge in [0.25, 0.3) is 0 Å². The van der Waals surface area contributed by atoms with Crippen molar-refractivity contribution in [2.24, 2.45) is 0 Å². The lowest BCUT2D eigenvalue weighted by Crippen LogP contribution is -2.53. The predicted octanol–water partition coefficient (Wildman–Crippen LogP) is 1.45. The van der Waals surface area contributed by atoms with Crippen LogP contribution in [-0.4, -0.2) is 84.6 Å². The highest BCUT2D eigenvalue weighted by Gasteiger charge is 2.53. The second-order valence-corrected chi connectivity index (χ2v) is 8.62. The van der Waals surface area contributed by atoms with Gasteiger partial charge in [0, 0.05) is 33.3 Å². The van der Waals surface area contributed by atoms with E-state index in [9.17, 15) is 24.3 Å². The number of aliphatic hydroxyl groups excluding tert-OH is 1. The first-order valence-corrected chi connectivity index (χ1v) is 11.7. The van der Waals surface area contributed by atoms with Gasteiger partial charge >= 0.3 is 11.9 Å². The highest BCUT2D eigenvalue weighted by atomic mass is 16.6. The lowest BCUT2D eigenvalue weighted by molar-refractivity contribution is -0.190. The number of ether oxygens (including phenoxy) is 5. The average Bonchev–Trinajstić information content (AvgIpc) is 3.07. The Hall–Kier alpha value is -2.14. The monoisotopic (exact) mass is 484 g/mol. The highest BCUT2D eigenvalue weighted by Crippen LogP contribution is 2.34. The molecule has 0 amide bonds. The maximum atomic E-state index is 12.7. The summed E-state index contributed by atoms with van der Waals surface area (Å²) in [4.78, 5) is 48.0. The van der Waals surface area contributed by atoms with Crippen molar-refractivity contribution in [2.75, 3.05) is 13.2 Å². The summed E-state index contributed by atoms with van der Waals surface area (Å²) in [5.41, 5.74) is 0. The number of carbonyl (C=O) groups excluding carboxylic acids is 4. The Morgan fingerprint density at radius 2 is 1.97 bits per heavy atom. The largest absolute Gasteiger partial charge is 0.458 e. The molecule has 10 nitrogen and oxygen atoms in total. The fourth-order valence-corrected chi connectivity index (χ4v) is 4.15. The molecule has 0 aromatic rings.